The highest BCUT2D eigenvalue weighted by atomic mass is 35.5. The Morgan fingerprint density at radius 3 is 3.05 bits per heavy atom. The van der Waals surface area contributed by atoms with Gasteiger partial charge in [-0.05, 0) is 37.5 Å². The van der Waals surface area contributed by atoms with E-state index >= 15 is 0 Å². The number of carbonyl (C=O) groups excluding carboxylic acids is 1. The zero-order chi connectivity index (χ0) is 13.9. The van der Waals surface area contributed by atoms with E-state index in [1.165, 1.54) is 12.3 Å². The van der Waals surface area contributed by atoms with Crippen molar-refractivity contribution in [2.24, 2.45) is 0 Å². The first kappa shape index (κ1) is 13.1. The number of ether oxygens (including phenoxy) is 1. The average Bonchev–Trinajstić information content (AvgIpc) is 3.08. The summed E-state index contributed by atoms with van der Waals surface area (Å²) in [5, 5.41) is 4.52. The van der Waals surface area contributed by atoms with Crippen molar-refractivity contribution in [2.45, 2.75) is 31.4 Å². The fraction of sp³-hybridized carbons (Fsp3) is 0.357. The summed E-state index contributed by atoms with van der Waals surface area (Å²) in [5.74, 6) is -0.363. The van der Waals surface area contributed by atoms with Crippen molar-refractivity contribution in [1.82, 2.24) is 14.8 Å². The van der Waals surface area contributed by atoms with Crippen molar-refractivity contribution in [3.8, 4) is 0 Å². The van der Waals surface area contributed by atoms with Crippen LogP contribution in [0.4, 0.5) is 0 Å². The number of halogens is 1. The molecule has 0 saturated heterocycles. The molecule has 104 valence electrons. The van der Waals surface area contributed by atoms with Crippen molar-refractivity contribution in [1.29, 1.82) is 0 Å². The Kier molecular flexibility index (Phi) is 3.69. The monoisotopic (exact) mass is 291 g/mol. The minimum Gasteiger partial charge on any atom is -0.456 e. The third kappa shape index (κ3) is 2.67. The van der Waals surface area contributed by atoms with Crippen molar-refractivity contribution in [2.75, 3.05) is 0 Å². The van der Waals surface area contributed by atoms with Gasteiger partial charge in [-0.2, -0.15) is 5.10 Å². The Balaban J connectivity index is 1.72. The molecule has 20 heavy (non-hydrogen) atoms. The maximum atomic E-state index is 12.1. The average molecular weight is 292 g/mol. The Hall–Kier alpha value is -1.88. The topological polar surface area (TPSA) is 57.0 Å². The van der Waals surface area contributed by atoms with Crippen LogP contribution in [-0.4, -0.2) is 26.8 Å². The lowest BCUT2D eigenvalue weighted by atomic mass is 10.2. The predicted molar refractivity (Wildman–Crippen MR) is 73.6 cm³/mol. The zero-order valence-corrected chi connectivity index (χ0v) is 11.5. The molecule has 3 rings (SSSR count). The van der Waals surface area contributed by atoms with Gasteiger partial charge in [0.1, 0.15) is 11.3 Å². The number of pyridine rings is 1. The third-order valence-electron chi connectivity index (χ3n) is 3.50. The molecule has 0 amide bonds. The van der Waals surface area contributed by atoms with Gasteiger partial charge in [-0.25, -0.2) is 9.78 Å². The second kappa shape index (κ2) is 5.63. The molecule has 0 radical (unpaired) electrons. The molecule has 1 aliphatic carbocycles. The highest BCUT2D eigenvalue weighted by Crippen LogP contribution is 2.32. The summed E-state index contributed by atoms with van der Waals surface area (Å²) in [6.07, 6.45) is 7.85. The largest absolute Gasteiger partial charge is 0.456 e. The van der Waals surface area contributed by atoms with Gasteiger partial charge < -0.3 is 4.74 Å². The van der Waals surface area contributed by atoms with Gasteiger partial charge in [-0.3, -0.25) is 4.68 Å². The molecular formula is C14H14ClN3O2. The number of carbonyl (C=O) groups is 1. The van der Waals surface area contributed by atoms with Gasteiger partial charge in [0.15, 0.2) is 0 Å². The summed E-state index contributed by atoms with van der Waals surface area (Å²) >= 11 is 5.78. The Morgan fingerprint density at radius 2 is 2.30 bits per heavy atom. The number of aromatic nitrogens is 3. The van der Waals surface area contributed by atoms with Crippen LogP contribution in [-0.2, 0) is 4.74 Å². The maximum Gasteiger partial charge on any atom is 0.338 e. The van der Waals surface area contributed by atoms with Crippen LogP contribution in [0, 0.1) is 0 Å². The molecule has 5 nitrogen and oxygen atoms in total. The van der Waals surface area contributed by atoms with Crippen LogP contribution in [0.5, 0.6) is 0 Å². The van der Waals surface area contributed by atoms with E-state index in [9.17, 15) is 4.79 Å². The molecule has 0 aromatic carbocycles. The minimum absolute atomic E-state index is 0.117. The number of hydrogen-bond donors (Lipinski definition) is 0. The van der Waals surface area contributed by atoms with E-state index < -0.39 is 0 Å². The van der Waals surface area contributed by atoms with Gasteiger partial charge in [-0.15, -0.1) is 0 Å². The first-order valence-corrected chi connectivity index (χ1v) is 6.93. The van der Waals surface area contributed by atoms with Crippen molar-refractivity contribution in [3.05, 3.63) is 47.5 Å². The van der Waals surface area contributed by atoms with Crippen LogP contribution >= 0.6 is 11.6 Å². The molecule has 1 aliphatic rings. The van der Waals surface area contributed by atoms with E-state index in [4.69, 9.17) is 16.3 Å². The van der Waals surface area contributed by atoms with Gasteiger partial charge in [0.2, 0.25) is 0 Å². The van der Waals surface area contributed by atoms with Gasteiger partial charge in [0.05, 0.1) is 11.6 Å². The summed E-state index contributed by atoms with van der Waals surface area (Å²) in [5.41, 5.74) is 0.427. The van der Waals surface area contributed by atoms with Gasteiger partial charge in [0, 0.05) is 18.6 Å². The van der Waals surface area contributed by atoms with Gasteiger partial charge in [0.25, 0.3) is 0 Å². The Bertz CT molecular complexity index is 600. The molecule has 2 aromatic rings. The molecule has 0 aliphatic heterocycles. The molecule has 2 heterocycles. The third-order valence-corrected chi connectivity index (χ3v) is 3.71. The molecule has 2 aromatic heterocycles. The number of esters is 1. The lowest BCUT2D eigenvalue weighted by Crippen LogP contribution is -2.25. The molecule has 0 unspecified atom stereocenters. The molecule has 0 bridgehead atoms. The van der Waals surface area contributed by atoms with Crippen LogP contribution in [0.25, 0.3) is 0 Å². The van der Waals surface area contributed by atoms with Crippen LogP contribution < -0.4 is 0 Å². The minimum atomic E-state index is -0.363. The highest BCUT2D eigenvalue weighted by molar-refractivity contribution is 6.29. The summed E-state index contributed by atoms with van der Waals surface area (Å²) in [4.78, 5) is 16.0. The normalized spacial score (nSPS) is 21.9. The highest BCUT2D eigenvalue weighted by Gasteiger charge is 2.32. The Labute approximate surface area is 121 Å². The first-order valence-electron chi connectivity index (χ1n) is 6.56. The molecule has 2 atom stereocenters. The smallest absolute Gasteiger partial charge is 0.338 e. The van der Waals surface area contributed by atoms with E-state index in [1.807, 2.05) is 16.9 Å². The van der Waals surface area contributed by atoms with Crippen LogP contribution in [0.3, 0.4) is 0 Å². The lowest BCUT2D eigenvalue weighted by Gasteiger charge is -2.20. The second-order valence-corrected chi connectivity index (χ2v) is 5.18. The molecular weight excluding hydrogens is 278 g/mol. The van der Waals surface area contributed by atoms with Gasteiger partial charge in [-0.1, -0.05) is 11.6 Å². The van der Waals surface area contributed by atoms with Crippen molar-refractivity contribution < 1.29 is 9.53 Å². The number of nitrogens with zero attached hydrogens (tertiary/aromatic N) is 3. The standard InChI is InChI=1S/C14H14ClN3O2/c15-13-9-10(5-7-16-13)14(19)20-12-4-1-3-11(12)18-8-2-6-17-18/h2,5-9,11-12H,1,3-4H2/t11-,12-/m1/s1. The van der Waals surface area contributed by atoms with Gasteiger partial charge >= 0.3 is 5.97 Å². The van der Waals surface area contributed by atoms with Crippen LogP contribution in [0.15, 0.2) is 36.8 Å². The summed E-state index contributed by atoms with van der Waals surface area (Å²) < 4.78 is 7.47. The summed E-state index contributed by atoms with van der Waals surface area (Å²) in [6.45, 7) is 0. The summed E-state index contributed by atoms with van der Waals surface area (Å²) in [7, 11) is 0. The fourth-order valence-corrected chi connectivity index (χ4v) is 2.73. The van der Waals surface area contributed by atoms with E-state index in [0.717, 1.165) is 19.3 Å². The van der Waals surface area contributed by atoms with Crippen LogP contribution in [0.2, 0.25) is 5.15 Å². The van der Waals surface area contributed by atoms with E-state index in [1.54, 1.807) is 12.3 Å². The fourth-order valence-electron chi connectivity index (χ4n) is 2.56. The first-order chi connectivity index (χ1) is 9.74. The molecule has 0 N–H and O–H groups in total. The SMILES string of the molecule is O=C(O[C@@H]1CCC[C@H]1n1cccn1)c1ccnc(Cl)c1. The number of hydrogen-bond acceptors (Lipinski definition) is 4. The molecule has 0 spiro atoms. The zero-order valence-electron chi connectivity index (χ0n) is 10.8. The lowest BCUT2D eigenvalue weighted by molar-refractivity contribution is 0.0209. The quantitative estimate of drug-likeness (QED) is 0.644. The van der Waals surface area contributed by atoms with E-state index in [-0.39, 0.29) is 23.3 Å². The molecule has 1 saturated carbocycles. The molecule has 6 heteroatoms. The van der Waals surface area contributed by atoms with Crippen LogP contribution in [0.1, 0.15) is 35.7 Å². The second-order valence-electron chi connectivity index (χ2n) is 4.80. The maximum absolute atomic E-state index is 12.1. The predicted octanol–water partition coefficient (Wildman–Crippen LogP) is 2.88. The molecule has 1 fully saturated rings. The van der Waals surface area contributed by atoms with E-state index in [2.05, 4.69) is 10.1 Å². The summed E-state index contributed by atoms with van der Waals surface area (Å²) in [6, 6.07) is 5.11. The van der Waals surface area contributed by atoms with E-state index in [0.29, 0.717) is 5.56 Å². The van der Waals surface area contributed by atoms with Crippen molar-refractivity contribution >= 4 is 17.6 Å². The number of rotatable bonds is 3. The van der Waals surface area contributed by atoms with Crippen molar-refractivity contribution in [3.63, 3.8) is 0 Å². The Morgan fingerprint density at radius 1 is 1.40 bits per heavy atom.